The Labute approximate surface area is 181 Å². The molecule has 1 atom stereocenters. The average molecular weight is 451 g/mol. The number of halogens is 1. The van der Waals surface area contributed by atoms with Crippen LogP contribution < -0.4 is 4.72 Å². The second-order valence-corrected chi connectivity index (χ2v) is 9.25. The second kappa shape index (κ2) is 9.67. The Morgan fingerprint density at radius 1 is 1.17 bits per heavy atom. The van der Waals surface area contributed by atoms with E-state index >= 15 is 0 Å². The largest absolute Gasteiger partial charge is 0.303 e. The minimum Gasteiger partial charge on any atom is -0.303 e. The Bertz CT molecular complexity index is 1090. The third kappa shape index (κ3) is 5.54. The van der Waals surface area contributed by atoms with E-state index in [-0.39, 0.29) is 4.90 Å². The van der Waals surface area contributed by atoms with Crippen molar-refractivity contribution >= 4 is 33.8 Å². The molecule has 29 heavy (non-hydrogen) atoms. The Balaban J connectivity index is 1.98. The number of hydrogen-bond acceptors (Lipinski definition) is 4. The van der Waals surface area contributed by atoms with Gasteiger partial charge in [-0.1, -0.05) is 55.3 Å². The predicted molar refractivity (Wildman–Crippen MR) is 117 cm³/mol. The summed E-state index contributed by atoms with van der Waals surface area (Å²) in [5.74, 6) is 0.574. The normalized spacial score (nSPS) is 12.8. The van der Waals surface area contributed by atoms with Gasteiger partial charge in [-0.05, 0) is 54.9 Å². The van der Waals surface area contributed by atoms with Crippen molar-refractivity contribution in [3.63, 3.8) is 0 Å². The molecule has 0 radical (unpaired) electrons. The zero-order valence-corrected chi connectivity index (χ0v) is 18.4. The van der Waals surface area contributed by atoms with E-state index in [1.165, 1.54) is 12.1 Å². The van der Waals surface area contributed by atoms with Gasteiger partial charge in [-0.3, -0.25) is 5.10 Å². The number of sulfonamides is 1. The van der Waals surface area contributed by atoms with Gasteiger partial charge in [-0.2, -0.15) is 5.10 Å². The highest BCUT2D eigenvalue weighted by Gasteiger charge is 2.26. The fourth-order valence-electron chi connectivity index (χ4n) is 3.03. The SMILES string of the molecule is CCCCn1c([C@@H](Cc2ccccc2)NS(=O)(=O)c2ccc(Cl)cc2)n[nH]c1=S. The standard InChI is InChI=1S/C20H23ClN4O2S2/c1-2-3-13-25-19(22-23-20(25)28)18(14-15-7-5-4-6-8-15)24-29(26,27)17-11-9-16(21)10-12-17/h4-12,18,24H,2-3,13-14H2,1H3,(H,23,28)/t18-/m1/s1. The highest BCUT2D eigenvalue weighted by molar-refractivity contribution is 7.89. The molecule has 0 bridgehead atoms. The topological polar surface area (TPSA) is 79.8 Å². The van der Waals surface area contributed by atoms with Crippen molar-refractivity contribution in [2.24, 2.45) is 0 Å². The molecule has 0 aliphatic heterocycles. The molecule has 154 valence electrons. The smallest absolute Gasteiger partial charge is 0.241 e. The Hall–Kier alpha value is -2.00. The Morgan fingerprint density at radius 3 is 2.52 bits per heavy atom. The predicted octanol–water partition coefficient (Wildman–Crippen LogP) is 4.66. The summed E-state index contributed by atoms with van der Waals surface area (Å²) in [4.78, 5) is 0.147. The molecule has 1 aromatic heterocycles. The number of nitrogens with one attached hydrogen (secondary N) is 2. The summed E-state index contributed by atoms with van der Waals surface area (Å²) >= 11 is 11.3. The van der Waals surface area contributed by atoms with E-state index in [9.17, 15) is 8.42 Å². The maximum absolute atomic E-state index is 13.0. The van der Waals surface area contributed by atoms with Crippen LogP contribution in [0, 0.1) is 4.77 Å². The van der Waals surface area contributed by atoms with E-state index < -0.39 is 16.1 Å². The second-order valence-electron chi connectivity index (χ2n) is 6.71. The molecule has 6 nitrogen and oxygen atoms in total. The van der Waals surface area contributed by atoms with Crippen LogP contribution in [0.3, 0.4) is 0 Å². The number of nitrogens with zero attached hydrogens (tertiary/aromatic N) is 2. The minimum absolute atomic E-state index is 0.147. The van der Waals surface area contributed by atoms with Crippen molar-refractivity contribution in [3.8, 4) is 0 Å². The van der Waals surface area contributed by atoms with E-state index in [1.807, 2.05) is 34.9 Å². The molecule has 1 heterocycles. The Morgan fingerprint density at radius 2 is 1.86 bits per heavy atom. The van der Waals surface area contributed by atoms with Crippen LogP contribution in [0.25, 0.3) is 0 Å². The van der Waals surface area contributed by atoms with Gasteiger partial charge in [0.05, 0.1) is 10.9 Å². The Kier molecular flexibility index (Phi) is 7.23. The van der Waals surface area contributed by atoms with Crippen LogP contribution in [0.4, 0.5) is 0 Å². The summed E-state index contributed by atoms with van der Waals surface area (Å²) in [6.07, 6.45) is 2.36. The van der Waals surface area contributed by atoms with Crippen molar-refractivity contribution in [1.29, 1.82) is 0 Å². The van der Waals surface area contributed by atoms with Crippen LogP contribution in [0.1, 0.15) is 37.2 Å². The minimum atomic E-state index is -3.78. The van der Waals surface area contributed by atoms with Crippen LogP contribution in [-0.4, -0.2) is 23.2 Å². The first-order valence-electron chi connectivity index (χ1n) is 9.37. The molecule has 0 saturated carbocycles. The zero-order valence-electron chi connectivity index (χ0n) is 16.0. The van der Waals surface area contributed by atoms with Gasteiger partial charge >= 0.3 is 0 Å². The number of aromatic amines is 1. The molecule has 3 rings (SSSR count). The third-order valence-corrected chi connectivity index (χ3v) is 6.59. The van der Waals surface area contributed by atoms with Gasteiger partial charge in [0, 0.05) is 11.6 Å². The molecule has 0 spiro atoms. The summed E-state index contributed by atoms with van der Waals surface area (Å²) in [5, 5.41) is 7.64. The van der Waals surface area contributed by atoms with Crippen LogP contribution in [0.15, 0.2) is 59.5 Å². The molecular formula is C20H23ClN4O2S2. The van der Waals surface area contributed by atoms with E-state index in [1.54, 1.807) is 12.1 Å². The molecule has 0 aliphatic rings. The molecule has 0 unspecified atom stereocenters. The number of hydrogen-bond donors (Lipinski definition) is 2. The van der Waals surface area contributed by atoms with Gasteiger partial charge in [-0.25, -0.2) is 13.1 Å². The quantitative estimate of drug-likeness (QED) is 0.465. The monoisotopic (exact) mass is 450 g/mol. The van der Waals surface area contributed by atoms with Crippen molar-refractivity contribution in [3.05, 3.63) is 75.8 Å². The third-order valence-electron chi connectivity index (χ3n) is 4.54. The molecule has 0 aliphatic carbocycles. The molecule has 3 aromatic rings. The molecule has 9 heteroatoms. The summed E-state index contributed by atoms with van der Waals surface area (Å²) in [7, 11) is -3.78. The van der Waals surface area contributed by atoms with Crippen LogP contribution in [0.2, 0.25) is 5.02 Å². The molecule has 0 amide bonds. The number of unbranched alkanes of at least 4 members (excludes halogenated alkanes) is 1. The summed E-state index contributed by atoms with van der Waals surface area (Å²) in [5.41, 5.74) is 0.993. The van der Waals surface area contributed by atoms with Gasteiger partial charge in [0.1, 0.15) is 5.82 Å². The molecule has 0 saturated heterocycles. The van der Waals surface area contributed by atoms with Gasteiger partial charge in [0.25, 0.3) is 0 Å². The van der Waals surface area contributed by atoms with Crippen LogP contribution >= 0.6 is 23.8 Å². The molecule has 2 aromatic carbocycles. The fourth-order valence-corrected chi connectivity index (χ4v) is 4.58. The van der Waals surface area contributed by atoms with Crippen molar-refractivity contribution in [2.75, 3.05) is 0 Å². The summed E-state index contributed by atoms with van der Waals surface area (Å²) in [6.45, 7) is 2.77. The van der Waals surface area contributed by atoms with Crippen molar-refractivity contribution in [2.45, 2.75) is 43.7 Å². The van der Waals surface area contributed by atoms with Crippen molar-refractivity contribution < 1.29 is 8.42 Å². The lowest BCUT2D eigenvalue weighted by Gasteiger charge is -2.19. The van der Waals surface area contributed by atoms with Gasteiger partial charge in [-0.15, -0.1) is 0 Å². The van der Waals surface area contributed by atoms with E-state index in [4.69, 9.17) is 23.8 Å². The van der Waals surface area contributed by atoms with E-state index in [2.05, 4.69) is 21.8 Å². The van der Waals surface area contributed by atoms with E-state index in [0.29, 0.717) is 28.6 Å². The van der Waals surface area contributed by atoms with Crippen LogP contribution in [0.5, 0.6) is 0 Å². The van der Waals surface area contributed by atoms with Gasteiger partial charge in [0.15, 0.2) is 4.77 Å². The first-order chi connectivity index (χ1) is 13.9. The fraction of sp³-hybridized carbons (Fsp3) is 0.300. The summed E-state index contributed by atoms with van der Waals surface area (Å²) in [6, 6.07) is 15.2. The lowest BCUT2D eigenvalue weighted by molar-refractivity contribution is 0.510. The van der Waals surface area contributed by atoms with Crippen molar-refractivity contribution in [1.82, 2.24) is 19.5 Å². The molecule has 0 fully saturated rings. The summed E-state index contributed by atoms with van der Waals surface area (Å²) < 4.78 is 31.2. The number of benzene rings is 2. The lowest BCUT2D eigenvalue weighted by Crippen LogP contribution is -2.32. The van der Waals surface area contributed by atoms with Crippen LogP contribution in [-0.2, 0) is 23.0 Å². The first-order valence-corrected chi connectivity index (χ1v) is 11.6. The van der Waals surface area contributed by atoms with Gasteiger partial charge in [0.2, 0.25) is 10.0 Å². The highest BCUT2D eigenvalue weighted by atomic mass is 35.5. The lowest BCUT2D eigenvalue weighted by atomic mass is 10.1. The molecular weight excluding hydrogens is 428 g/mol. The average Bonchev–Trinajstić information content (AvgIpc) is 3.07. The highest BCUT2D eigenvalue weighted by Crippen LogP contribution is 2.22. The number of aromatic nitrogens is 3. The zero-order chi connectivity index (χ0) is 20.9. The maximum atomic E-state index is 13.0. The number of rotatable bonds is 9. The molecule has 2 N–H and O–H groups in total. The maximum Gasteiger partial charge on any atom is 0.241 e. The first kappa shape index (κ1) is 21.7. The number of H-pyrrole nitrogens is 1. The van der Waals surface area contributed by atoms with E-state index in [0.717, 1.165) is 18.4 Å². The van der Waals surface area contributed by atoms with Gasteiger partial charge < -0.3 is 4.57 Å².